The van der Waals surface area contributed by atoms with Gasteiger partial charge in [-0.3, -0.25) is 0 Å². The smallest absolute Gasteiger partial charge is 0.411 e. The third kappa shape index (κ3) is 5.23. The van der Waals surface area contributed by atoms with Gasteiger partial charge in [-0.25, -0.2) is 29.9 Å². The highest BCUT2D eigenvalue weighted by molar-refractivity contribution is 5.91. The lowest BCUT2D eigenvalue weighted by molar-refractivity contribution is -0.288. The van der Waals surface area contributed by atoms with Gasteiger partial charge in [-0.15, -0.1) is 0 Å². The normalized spacial score (nSPS) is 12.9. The number of nitrogens with zero attached hydrogens (tertiary/aromatic N) is 6. The molecule has 0 aliphatic rings. The van der Waals surface area contributed by atoms with Crippen LogP contribution in [-0.4, -0.2) is 72.4 Å². The van der Waals surface area contributed by atoms with Crippen molar-refractivity contribution in [1.29, 1.82) is 0 Å². The summed E-state index contributed by atoms with van der Waals surface area (Å²) in [4.78, 5) is 38.9. The number of aryl methyl sites for hydroxylation is 2. The van der Waals surface area contributed by atoms with Crippen LogP contribution in [0.5, 0.6) is 11.5 Å². The van der Waals surface area contributed by atoms with Crippen molar-refractivity contribution in [3.05, 3.63) is 95.3 Å². The molecule has 9 aromatic rings. The van der Waals surface area contributed by atoms with Crippen molar-refractivity contribution in [3.8, 4) is 45.7 Å². The summed E-state index contributed by atoms with van der Waals surface area (Å²) in [6, 6.07) is 13.9. The van der Waals surface area contributed by atoms with Crippen LogP contribution in [-0.2, 0) is 5.41 Å². The van der Waals surface area contributed by atoms with Crippen molar-refractivity contribution >= 4 is 44.7 Å². The summed E-state index contributed by atoms with van der Waals surface area (Å²) in [6.45, 7) is 3.37. The summed E-state index contributed by atoms with van der Waals surface area (Å²) in [5, 5.41) is 22.0. The Kier molecular flexibility index (Phi) is 7.08. The first-order valence-electron chi connectivity index (χ1n) is 16.5. The van der Waals surface area contributed by atoms with Gasteiger partial charge in [0.2, 0.25) is 5.41 Å². The predicted molar refractivity (Wildman–Crippen MR) is 189 cm³/mol. The fraction of sp³-hybridized carbons (Fsp3) is 0.135. The highest BCUT2D eigenvalue weighted by Crippen LogP contribution is 2.56. The Morgan fingerprint density at radius 2 is 0.873 bits per heavy atom. The molecule has 0 atom stereocenters. The number of pyridine rings is 2. The Labute approximate surface area is 303 Å². The molecule has 6 heterocycles. The third-order valence-electron chi connectivity index (χ3n) is 9.51. The minimum Gasteiger partial charge on any atom is -0.507 e. The molecule has 55 heavy (non-hydrogen) atoms. The van der Waals surface area contributed by atoms with Crippen LogP contribution in [0.3, 0.4) is 0 Å². The van der Waals surface area contributed by atoms with E-state index in [-0.39, 0.29) is 57.0 Å². The maximum atomic E-state index is 14.6. The zero-order valence-corrected chi connectivity index (χ0v) is 28.3. The van der Waals surface area contributed by atoms with Crippen molar-refractivity contribution < 1.29 is 36.6 Å². The van der Waals surface area contributed by atoms with Gasteiger partial charge in [0.15, 0.2) is 22.6 Å². The van der Waals surface area contributed by atoms with E-state index in [1.165, 1.54) is 24.3 Å². The second-order valence-corrected chi connectivity index (χ2v) is 13.1. The number of rotatable bonds is 5. The second-order valence-electron chi connectivity index (χ2n) is 13.1. The van der Waals surface area contributed by atoms with E-state index in [9.17, 15) is 36.6 Å². The number of nitrogens with one attached hydrogen (secondary N) is 4. The van der Waals surface area contributed by atoms with E-state index >= 15 is 0 Å². The number of halogens is 6. The van der Waals surface area contributed by atoms with E-state index < -0.39 is 28.9 Å². The Morgan fingerprint density at radius 1 is 0.473 bits per heavy atom. The largest absolute Gasteiger partial charge is 0.507 e. The van der Waals surface area contributed by atoms with E-state index in [2.05, 4.69) is 49.8 Å². The summed E-state index contributed by atoms with van der Waals surface area (Å²) in [5.41, 5.74) is -1.87. The highest BCUT2D eigenvalue weighted by atomic mass is 19.4. The molecule has 9 rings (SSSR count). The molecule has 18 heteroatoms. The molecule has 0 spiro atoms. The maximum absolute atomic E-state index is 14.6. The van der Waals surface area contributed by atoms with Gasteiger partial charge >= 0.3 is 12.4 Å². The molecule has 0 radical (unpaired) electrons. The van der Waals surface area contributed by atoms with Gasteiger partial charge in [0.1, 0.15) is 56.9 Å². The quantitative estimate of drug-likeness (QED) is 0.0748. The van der Waals surface area contributed by atoms with Gasteiger partial charge in [-0.2, -0.15) is 26.3 Å². The molecular weight excluding hydrogens is 730 g/mol. The van der Waals surface area contributed by atoms with Gasteiger partial charge in [0, 0.05) is 5.56 Å². The molecule has 0 amide bonds. The third-order valence-corrected chi connectivity index (χ3v) is 9.51. The Bertz CT molecular complexity index is 2840. The van der Waals surface area contributed by atoms with Crippen LogP contribution in [0, 0.1) is 13.8 Å². The number of H-pyrrole nitrogens is 4. The molecule has 0 bridgehead atoms. The molecule has 276 valence electrons. The molecule has 0 saturated carbocycles. The Morgan fingerprint density at radius 3 is 1.35 bits per heavy atom. The number of benzene rings is 3. The van der Waals surface area contributed by atoms with E-state index in [4.69, 9.17) is 0 Å². The molecule has 0 fully saturated rings. The molecular formula is C37H24F6N10O2. The number of aromatic amines is 4. The Balaban J connectivity index is 1.03. The second kappa shape index (κ2) is 11.5. The fourth-order valence-corrected chi connectivity index (χ4v) is 6.87. The monoisotopic (exact) mass is 754 g/mol. The van der Waals surface area contributed by atoms with E-state index in [0.29, 0.717) is 44.7 Å². The van der Waals surface area contributed by atoms with Crippen LogP contribution >= 0.6 is 0 Å². The number of imidazole rings is 4. The number of hydrogen-bond acceptors (Lipinski definition) is 8. The summed E-state index contributed by atoms with van der Waals surface area (Å²) >= 11 is 0. The van der Waals surface area contributed by atoms with Gasteiger partial charge < -0.3 is 30.1 Å². The SMILES string of the molecule is Cc1ccc(C(c2ccc(-c3nc4cc5nc(-c6cc(O)c(-c7nc8cc9nc(C)[nH]c9nc8[nH]7)cc6O)[nH]c5nc4[nH]3)cc2)(C(F)(F)F)C(F)(F)F)cc1. The summed E-state index contributed by atoms with van der Waals surface area (Å²) in [5.74, 6) is 0.815. The predicted octanol–water partition coefficient (Wildman–Crippen LogP) is 8.42. The minimum absolute atomic E-state index is 0.143. The van der Waals surface area contributed by atoms with Gasteiger partial charge in [-0.05, 0) is 49.2 Å². The molecule has 0 aliphatic heterocycles. The average molecular weight is 755 g/mol. The molecule has 0 aliphatic carbocycles. The number of aromatic hydroxyl groups is 2. The standard InChI is InChI=1S/C37H24F6N10O2/c1-15-3-7-18(8-4-15)35(36(38,39)40,37(41,42)43)19-9-5-17(6-10-19)28-46-23-14-25-34(53-32(23)49-28)51-30(48-25)21-12-26(54)20(11-27(21)55)29-47-24-13-22-31(45-16(2)44-22)52-33(24)50-29/h3-14,54-55H,1-2H3,(H2,44,45,47,50,52)(H2,46,48,49,51,53). The first kappa shape index (κ1) is 33.8. The highest BCUT2D eigenvalue weighted by Gasteiger charge is 2.72. The topological polar surface area (TPSA) is 181 Å². The number of phenols is 2. The lowest BCUT2D eigenvalue weighted by atomic mass is 9.72. The lowest BCUT2D eigenvalue weighted by Crippen LogP contribution is -2.54. The van der Waals surface area contributed by atoms with Crippen molar-refractivity contribution in [2.75, 3.05) is 0 Å². The van der Waals surface area contributed by atoms with Gasteiger partial charge in [0.25, 0.3) is 0 Å². The van der Waals surface area contributed by atoms with Crippen LogP contribution < -0.4 is 0 Å². The first-order valence-corrected chi connectivity index (χ1v) is 16.5. The molecule has 12 nitrogen and oxygen atoms in total. The number of hydrogen-bond donors (Lipinski definition) is 6. The van der Waals surface area contributed by atoms with E-state index in [1.54, 1.807) is 19.1 Å². The number of fused-ring (bicyclic) bond motifs is 4. The molecule has 6 aromatic heterocycles. The lowest BCUT2D eigenvalue weighted by Gasteiger charge is -2.38. The van der Waals surface area contributed by atoms with Crippen molar-refractivity contribution in [3.63, 3.8) is 0 Å². The van der Waals surface area contributed by atoms with Crippen LogP contribution in [0.15, 0.2) is 72.8 Å². The van der Waals surface area contributed by atoms with Crippen LogP contribution in [0.2, 0.25) is 0 Å². The van der Waals surface area contributed by atoms with Gasteiger partial charge in [-0.1, -0.05) is 54.1 Å². The average Bonchev–Trinajstić information content (AvgIpc) is 3.90. The van der Waals surface area contributed by atoms with Gasteiger partial charge in [0.05, 0.1) is 11.1 Å². The number of phenolic OH excluding ortho intramolecular Hbond substituents is 2. The molecule has 0 unspecified atom stereocenters. The first-order chi connectivity index (χ1) is 26.1. The van der Waals surface area contributed by atoms with Crippen LogP contribution in [0.4, 0.5) is 26.3 Å². The summed E-state index contributed by atoms with van der Waals surface area (Å²) in [7, 11) is 0. The van der Waals surface area contributed by atoms with Crippen LogP contribution in [0.1, 0.15) is 22.5 Å². The fourth-order valence-electron chi connectivity index (χ4n) is 6.87. The van der Waals surface area contributed by atoms with E-state index in [0.717, 1.165) is 36.4 Å². The minimum atomic E-state index is -5.71. The van der Waals surface area contributed by atoms with Crippen molar-refractivity contribution in [2.24, 2.45) is 0 Å². The van der Waals surface area contributed by atoms with E-state index in [1.807, 2.05) is 6.92 Å². The molecule has 3 aromatic carbocycles. The molecule has 0 saturated heterocycles. The maximum Gasteiger partial charge on any atom is 0.411 e. The van der Waals surface area contributed by atoms with Crippen molar-refractivity contribution in [1.82, 2.24) is 49.8 Å². The summed E-state index contributed by atoms with van der Waals surface area (Å²) < 4.78 is 87.4. The van der Waals surface area contributed by atoms with Crippen LogP contribution in [0.25, 0.3) is 78.8 Å². The number of aromatic nitrogens is 10. The zero-order chi connectivity index (χ0) is 38.6. The molecule has 6 N–H and O–H groups in total. The number of alkyl halides is 6. The Hall–Kier alpha value is -6.98. The zero-order valence-electron chi connectivity index (χ0n) is 28.3. The summed E-state index contributed by atoms with van der Waals surface area (Å²) in [6.07, 6.45) is -11.4. The van der Waals surface area contributed by atoms with Crippen molar-refractivity contribution in [2.45, 2.75) is 31.6 Å².